The Bertz CT molecular complexity index is 670. The van der Waals surface area contributed by atoms with Gasteiger partial charge in [0.2, 0.25) is 5.91 Å². The van der Waals surface area contributed by atoms with Crippen LogP contribution in [0.25, 0.3) is 0 Å². The summed E-state index contributed by atoms with van der Waals surface area (Å²) in [4.78, 5) is 16.5. The van der Waals surface area contributed by atoms with Crippen LogP contribution in [0.2, 0.25) is 0 Å². The first-order valence-corrected chi connectivity index (χ1v) is 10.2. The van der Waals surface area contributed by atoms with Gasteiger partial charge in [-0.25, -0.2) is 0 Å². The van der Waals surface area contributed by atoms with Crippen LogP contribution in [0.1, 0.15) is 43.9 Å². The number of hydrogen-bond donors (Lipinski definition) is 2. The number of rotatable bonds is 8. The fourth-order valence-corrected chi connectivity index (χ4v) is 3.53. The van der Waals surface area contributed by atoms with Gasteiger partial charge in [-0.2, -0.15) is 13.2 Å². The van der Waals surface area contributed by atoms with Gasteiger partial charge in [0, 0.05) is 44.8 Å². The number of nitrogens with zero attached hydrogens (tertiary/aromatic N) is 2. The Morgan fingerprint density at radius 2 is 1.90 bits per heavy atom. The first kappa shape index (κ1) is 23.5. The second kappa shape index (κ2) is 10.3. The van der Waals surface area contributed by atoms with Crippen molar-refractivity contribution in [2.45, 2.75) is 38.9 Å². The zero-order valence-corrected chi connectivity index (χ0v) is 17.8. The van der Waals surface area contributed by atoms with Crippen molar-refractivity contribution in [1.82, 2.24) is 15.5 Å². The van der Waals surface area contributed by atoms with Gasteiger partial charge in [0.15, 0.2) is 0 Å². The molecular formula is C21H33F3N4O. The van der Waals surface area contributed by atoms with Crippen LogP contribution < -0.4 is 15.5 Å². The summed E-state index contributed by atoms with van der Waals surface area (Å²) in [6, 6.07) is 3.46. The fraction of sp³-hybridized carbons (Fsp3) is 0.667. The van der Waals surface area contributed by atoms with Crippen LogP contribution in [0.4, 0.5) is 18.9 Å². The summed E-state index contributed by atoms with van der Waals surface area (Å²) in [6.07, 6.45) is -3.54. The van der Waals surface area contributed by atoms with Crippen molar-refractivity contribution in [3.63, 3.8) is 0 Å². The molecule has 0 aliphatic carbocycles. The first-order valence-electron chi connectivity index (χ1n) is 10.2. The van der Waals surface area contributed by atoms with Crippen molar-refractivity contribution < 1.29 is 18.0 Å². The zero-order valence-electron chi connectivity index (χ0n) is 17.8. The third kappa shape index (κ3) is 7.19. The third-order valence-electron chi connectivity index (χ3n) is 5.02. The molecule has 164 valence electrons. The van der Waals surface area contributed by atoms with E-state index in [0.29, 0.717) is 24.9 Å². The van der Waals surface area contributed by atoms with E-state index in [1.54, 1.807) is 6.07 Å². The Morgan fingerprint density at radius 1 is 1.24 bits per heavy atom. The molecule has 1 atom stereocenters. The summed E-state index contributed by atoms with van der Waals surface area (Å²) < 4.78 is 40.3. The number of halogens is 3. The molecule has 2 N–H and O–H groups in total. The van der Waals surface area contributed by atoms with E-state index in [0.717, 1.165) is 37.9 Å². The molecule has 1 heterocycles. The molecule has 1 fully saturated rings. The number of carbonyl (C=O) groups is 1. The van der Waals surface area contributed by atoms with Crippen LogP contribution in [0.5, 0.6) is 0 Å². The highest BCUT2D eigenvalue weighted by molar-refractivity contribution is 5.77. The zero-order chi connectivity index (χ0) is 21.6. The molecule has 0 spiro atoms. The Morgan fingerprint density at radius 3 is 2.45 bits per heavy atom. The van der Waals surface area contributed by atoms with E-state index in [-0.39, 0.29) is 11.8 Å². The summed E-state index contributed by atoms with van der Waals surface area (Å²) in [7, 11) is 3.77. The van der Waals surface area contributed by atoms with Crippen LogP contribution >= 0.6 is 0 Å². The standard InChI is InChI=1S/C21H33F3N4O/c1-15(2)13-18(26-20(29)7-10-27(3)4)17-14-16(21(22,23)24)5-6-19(17)28-11-8-25-9-12-28/h5-6,14-15,18,25H,7-13H2,1-4H3,(H,26,29). The summed E-state index contributed by atoms with van der Waals surface area (Å²) >= 11 is 0. The number of anilines is 1. The molecule has 0 aromatic heterocycles. The Hall–Kier alpha value is -1.80. The van der Waals surface area contributed by atoms with E-state index in [1.807, 2.05) is 32.8 Å². The van der Waals surface area contributed by atoms with Gasteiger partial charge in [0.1, 0.15) is 0 Å². The highest BCUT2D eigenvalue weighted by atomic mass is 19.4. The number of nitrogens with one attached hydrogen (secondary N) is 2. The van der Waals surface area contributed by atoms with Gasteiger partial charge >= 0.3 is 6.18 Å². The molecule has 2 rings (SSSR count). The highest BCUT2D eigenvalue weighted by Crippen LogP contribution is 2.37. The molecular weight excluding hydrogens is 381 g/mol. The molecule has 1 aliphatic rings. The van der Waals surface area contributed by atoms with Gasteiger partial charge in [-0.3, -0.25) is 4.79 Å². The number of alkyl halides is 3. The maximum atomic E-state index is 13.4. The molecule has 0 radical (unpaired) electrons. The van der Waals surface area contributed by atoms with Crippen LogP contribution in [0.15, 0.2) is 18.2 Å². The predicted molar refractivity (Wildman–Crippen MR) is 110 cm³/mol. The van der Waals surface area contributed by atoms with Gasteiger partial charge in [0.05, 0.1) is 11.6 Å². The van der Waals surface area contributed by atoms with E-state index in [4.69, 9.17) is 0 Å². The Labute approximate surface area is 171 Å². The van der Waals surface area contributed by atoms with Crippen molar-refractivity contribution >= 4 is 11.6 Å². The smallest absolute Gasteiger partial charge is 0.369 e. The van der Waals surface area contributed by atoms with E-state index in [9.17, 15) is 18.0 Å². The van der Waals surface area contributed by atoms with Crippen molar-refractivity contribution in [2.24, 2.45) is 5.92 Å². The minimum atomic E-state index is -4.42. The summed E-state index contributed by atoms with van der Waals surface area (Å²) in [5.74, 6) is 0.0765. The maximum Gasteiger partial charge on any atom is 0.416 e. The largest absolute Gasteiger partial charge is 0.416 e. The summed E-state index contributed by atoms with van der Waals surface area (Å²) in [6.45, 7) is 7.62. The SMILES string of the molecule is CC(C)CC(NC(=O)CCN(C)C)c1cc(C(F)(F)F)ccc1N1CCNCC1. The number of carbonyl (C=O) groups excluding carboxylic acids is 1. The molecule has 1 saturated heterocycles. The minimum absolute atomic E-state index is 0.145. The molecule has 0 saturated carbocycles. The number of hydrogen-bond acceptors (Lipinski definition) is 4. The molecule has 0 bridgehead atoms. The van der Waals surface area contributed by atoms with Crippen LogP contribution in [-0.4, -0.2) is 57.6 Å². The van der Waals surface area contributed by atoms with E-state index in [2.05, 4.69) is 15.5 Å². The number of amides is 1. The topological polar surface area (TPSA) is 47.6 Å². The van der Waals surface area contributed by atoms with Gasteiger partial charge in [-0.05, 0) is 50.2 Å². The third-order valence-corrected chi connectivity index (χ3v) is 5.02. The van der Waals surface area contributed by atoms with Crippen LogP contribution in [0.3, 0.4) is 0 Å². The van der Waals surface area contributed by atoms with Crippen LogP contribution in [0, 0.1) is 5.92 Å². The molecule has 8 heteroatoms. The van der Waals surface area contributed by atoms with E-state index >= 15 is 0 Å². The van der Waals surface area contributed by atoms with Crippen molar-refractivity contribution in [3.8, 4) is 0 Å². The monoisotopic (exact) mass is 414 g/mol. The quantitative estimate of drug-likeness (QED) is 0.686. The lowest BCUT2D eigenvalue weighted by Crippen LogP contribution is -2.44. The fourth-order valence-electron chi connectivity index (χ4n) is 3.53. The average Bonchev–Trinajstić information content (AvgIpc) is 2.65. The molecule has 1 aliphatic heterocycles. The van der Waals surface area contributed by atoms with Gasteiger partial charge < -0.3 is 20.4 Å². The highest BCUT2D eigenvalue weighted by Gasteiger charge is 2.33. The van der Waals surface area contributed by atoms with Crippen molar-refractivity contribution in [1.29, 1.82) is 0 Å². The first-order chi connectivity index (χ1) is 13.6. The van der Waals surface area contributed by atoms with E-state index < -0.39 is 17.8 Å². The molecule has 1 unspecified atom stereocenters. The second-order valence-electron chi connectivity index (χ2n) is 8.31. The summed E-state index contributed by atoms with van der Waals surface area (Å²) in [5, 5.41) is 6.27. The van der Waals surface area contributed by atoms with Gasteiger partial charge in [-0.15, -0.1) is 0 Å². The van der Waals surface area contributed by atoms with Gasteiger partial charge in [0.25, 0.3) is 0 Å². The number of benzene rings is 1. The maximum absolute atomic E-state index is 13.4. The van der Waals surface area contributed by atoms with Crippen molar-refractivity contribution in [3.05, 3.63) is 29.3 Å². The lowest BCUT2D eigenvalue weighted by molar-refractivity contribution is -0.137. The van der Waals surface area contributed by atoms with Crippen molar-refractivity contribution in [2.75, 3.05) is 51.7 Å². The normalized spacial score (nSPS) is 16.4. The molecule has 1 aromatic rings. The lowest BCUT2D eigenvalue weighted by atomic mass is 9.93. The average molecular weight is 415 g/mol. The lowest BCUT2D eigenvalue weighted by Gasteiger charge is -2.34. The van der Waals surface area contributed by atoms with Crippen LogP contribution in [-0.2, 0) is 11.0 Å². The summed E-state index contributed by atoms with van der Waals surface area (Å²) in [5.41, 5.74) is 0.648. The minimum Gasteiger partial charge on any atom is -0.369 e. The second-order valence-corrected chi connectivity index (χ2v) is 8.31. The van der Waals surface area contributed by atoms with Gasteiger partial charge in [-0.1, -0.05) is 13.8 Å². The van der Waals surface area contributed by atoms with E-state index in [1.165, 1.54) is 6.07 Å². The predicted octanol–water partition coefficient (Wildman–Crippen LogP) is 3.27. The Kier molecular flexibility index (Phi) is 8.34. The molecule has 1 aromatic carbocycles. The number of piperazine rings is 1. The molecule has 1 amide bonds. The molecule has 5 nitrogen and oxygen atoms in total. The molecule has 29 heavy (non-hydrogen) atoms. The Balaban J connectivity index is 2.39.